The predicted octanol–water partition coefficient (Wildman–Crippen LogP) is 4.91. The molecule has 1 aromatic rings. The monoisotopic (exact) mass is 376 g/mol. The fourth-order valence-corrected chi connectivity index (χ4v) is 3.33. The second-order valence-corrected chi connectivity index (χ2v) is 7.88. The van der Waals surface area contributed by atoms with Gasteiger partial charge in [0.2, 0.25) is 0 Å². The van der Waals surface area contributed by atoms with Crippen LogP contribution in [0.5, 0.6) is 11.5 Å². The number of benzene rings is 1. The van der Waals surface area contributed by atoms with Crippen LogP contribution in [0.1, 0.15) is 52.0 Å². The molecule has 6 heteroatoms. The van der Waals surface area contributed by atoms with E-state index in [1.54, 1.807) is 12.1 Å². The van der Waals surface area contributed by atoms with E-state index in [0.29, 0.717) is 17.2 Å². The summed E-state index contributed by atoms with van der Waals surface area (Å²) in [6.07, 6.45) is 5.08. The molecule has 0 atom stereocenters. The average Bonchev–Trinajstić information content (AvgIpc) is 2.60. The summed E-state index contributed by atoms with van der Waals surface area (Å²) < 4.78 is 15.9. The maximum atomic E-state index is 12.2. The smallest absolute Gasteiger partial charge is 0.497 e. The molecule has 1 aromatic carbocycles. The summed E-state index contributed by atoms with van der Waals surface area (Å²) in [6.45, 7) is 6.71. The van der Waals surface area contributed by atoms with E-state index in [0.717, 1.165) is 31.8 Å². The van der Waals surface area contributed by atoms with Crippen LogP contribution in [0, 0.1) is 11.3 Å². The number of hydrogen-bond acceptors (Lipinski definition) is 5. The van der Waals surface area contributed by atoms with Crippen LogP contribution in [-0.2, 0) is 9.53 Å². The summed E-state index contributed by atoms with van der Waals surface area (Å²) in [5.74, 6) is 0.227. The summed E-state index contributed by atoms with van der Waals surface area (Å²) in [5.41, 5.74) is 0.712. The zero-order valence-electron chi connectivity index (χ0n) is 16.4. The van der Waals surface area contributed by atoms with Crippen molar-refractivity contribution in [3.63, 3.8) is 0 Å². The summed E-state index contributed by atoms with van der Waals surface area (Å²) in [6, 6.07) is 4.81. The third kappa shape index (κ3) is 6.31. The highest BCUT2D eigenvalue weighted by molar-refractivity contribution is 5.86. The second-order valence-electron chi connectivity index (χ2n) is 7.88. The Labute approximate surface area is 160 Å². The Morgan fingerprint density at radius 2 is 1.81 bits per heavy atom. The van der Waals surface area contributed by atoms with Gasteiger partial charge in [0.15, 0.2) is 0 Å². The first-order valence-electron chi connectivity index (χ1n) is 9.16. The summed E-state index contributed by atoms with van der Waals surface area (Å²) in [4.78, 5) is 23.0. The molecule has 1 N–H and O–H groups in total. The second kappa shape index (κ2) is 8.93. The van der Waals surface area contributed by atoms with Crippen molar-refractivity contribution in [1.82, 2.24) is 0 Å². The normalized spacial score (nSPS) is 20.3. The van der Waals surface area contributed by atoms with Gasteiger partial charge in [-0.1, -0.05) is 20.8 Å². The average molecular weight is 376 g/mol. The molecular weight excluding hydrogens is 348 g/mol. The van der Waals surface area contributed by atoms with Gasteiger partial charge in [-0.15, -0.1) is 0 Å². The molecule has 0 aliphatic heterocycles. The molecule has 148 valence electrons. The van der Waals surface area contributed by atoms with Gasteiger partial charge in [0.05, 0.1) is 7.11 Å². The molecule has 1 aliphatic carbocycles. The van der Waals surface area contributed by atoms with Gasteiger partial charge in [-0.25, -0.2) is 9.59 Å². The fraction of sp³-hybridized carbons (Fsp3) is 0.524. The molecule has 0 unspecified atom stereocenters. The molecule has 1 aliphatic rings. The van der Waals surface area contributed by atoms with Crippen molar-refractivity contribution in [2.75, 3.05) is 7.11 Å². The standard InChI is InChI=1S/C21H28O6/c1-21(2,3)15-7-10-16(11-8-15)26-20(24)27-18-13-17(25-4)9-5-14(18)6-12-19(22)23/h5-6,9,12-13,15-16H,7-8,10-11H2,1-4H3,(H,22,23). The summed E-state index contributed by atoms with van der Waals surface area (Å²) in [5, 5.41) is 8.80. The lowest BCUT2D eigenvalue weighted by molar-refractivity contribution is -0.131. The minimum absolute atomic E-state index is 0.153. The third-order valence-corrected chi connectivity index (χ3v) is 4.98. The van der Waals surface area contributed by atoms with E-state index in [2.05, 4.69) is 20.8 Å². The topological polar surface area (TPSA) is 82.1 Å². The van der Waals surface area contributed by atoms with E-state index in [-0.39, 0.29) is 17.3 Å². The third-order valence-electron chi connectivity index (χ3n) is 4.98. The maximum absolute atomic E-state index is 12.2. The highest BCUT2D eigenvalue weighted by Crippen LogP contribution is 2.38. The first-order chi connectivity index (χ1) is 12.7. The van der Waals surface area contributed by atoms with Gasteiger partial charge >= 0.3 is 12.1 Å². The molecule has 1 fully saturated rings. The number of carboxylic acids is 1. The van der Waals surface area contributed by atoms with Gasteiger partial charge in [-0.05, 0) is 55.2 Å². The van der Waals surface area contributed by atoms with Crippen LogP contribution in [0.2, 0.25) is 0 Å². The summed E-state index contributed by atoms with van der Waals surface area (Å²) in [7, 11) is 1.50. The summed E-state index contributed by atoms with van der Waals surface area (Å²) >= 11 is 0. The van der Waals surface area contributed by atoms with Crippen molar-refractivity contribution in [3.05, 3.63) is 29.8 Å². The molecule has 0 radical (unpaired) electrons. The molecule has 0 heterocycles. The zero-order valence-corrected chi connectivity index (χ0v) is 16.4. The van der Waals surface area contributed by atoms with E-state index in [1.165, 1.54) is 19.3 Å². The number of rotatable bonds is 5. The molecule has 0 amide bonds. The van der Waals surface area contributed by atoms with E-state index >= 15 is 0 Å². The predicted molar refractivity (Wildman–Crippen MR) is 102 cm³/mol. The Hall–Kier alpha value is -2.50. The van der Waals surface area contributed by atoms with Gasteiger partial charge in [-0.2, -0.15) is 0 Å². The fourth-order valence-electron chi connectivity index (χ4n) is 3.33. The van der Waals surface area contributed by atoms with E-state index in [4.69, 9.17) is 19.3 Å². The molecule has 0 spiro atoms. The van der Waals surface area contributed by atoms with E-state index in [1.807, 2.05) is 0 Å². The van der Waals surface area contributed by atoms with Crippen molar-refractivity contribution in [3.8, 4) is 11.5 Å². The zero-order chi connectivity index (χ0) is 20.0. The largest absolute Gasteiger partial charge is 0.514 e. The lowest BCUT2D eigenvalue weighted by Crippen LogP contribution is -2.31. The highest BCUT2D eigenvalue weighted by Gasteiger charge is 2.31. The van der Waals surface area contributed by atoms with Gasteiger partial charge in [0, 0.05) is 17.7 Å². The van der Waals surface area contributed by atoms with Gasteiger partial charge < -0.3 is 19.3 Å². The van der Waals surface area contributed by atoms with Crippen LogP contribution in [0.4, 0.5) is 4.79 Å². The molecule has 6 nitrogen and oxygen atoms in total. The van der Waals surface area contributed by atoms with E-state index < -0.39 is 12.1 Å². The Kier molecular flexibility index (Phi) is 6.88. The van der Waals surface area contributed by atoms with Gasteiger partial charge in [0.1, 0.15) is 17.6 Å². The maximum Gasteiger partial charge on any atom is 0.514 e. The van der Waals surface area contributed by atoms with Crippen LogP contribution in [0.3, 0.4) is 0 Å². The SMILES string of the molecule is COc1ccc(C=CC(=O)O)c(OC(=O)OC2CCC(C(C)(C)C)CC2)c1. The Bertz CT molecular complexity index is 693. The van der Waals surface area contributed by atoms with Crippen LogP contribution in [0.25, 0.3) is 6.08 Å². The molecule has 0 saturated heterocycles. The lowest BCUT2D eigenvalue weighted by Gasteiger charge is -2.36. The minimum atomic E-state index is -1.09. The number of carboxylic acid groups (broad SMARTS) is 1. The number of aliphatic carboxylic acids is 1. The van der Waals surface area contributed by atoms with Crippen LogP contribution in [-0.4, -0.2) is 30.4 Å². The molecule has 0 aromatic heterocycles. The minimum Gasteiger partial charge on any atom is -0.497 e. The Morgan fingerprint density at radius 3 is 2.37 bits per heavy atom. The van der Waals surface area contributed by atoms with Crippen molar-refractivity contribution < 1.29 is 28.9 Å². The van der Waals surface area contributed by atoms with Crippen LogP contribution in [0.15, 0.2) is 24.3 Å². The lowest BCUT2D eigenvalue weighted by atomic mass is 9.72. The highest BCUT2D eigenvalue weighted by atomic mass is 16.7. The number of carbonyl (C=O) groups is 2. The molecular formula is C21H28O6. The number of carbonyl (C=O) groups excluding carboxylic acids is 1. The van der Waals surface area contributed by atoms with Crippen LogP contribution >= 0.6 is 0 Å². The van der Waals surface area contributed by atoms with Gasteiger partial charge in [-0.3, -0.25) is 0 Å². The number of hydrogen-bond donors (Lipinski definition) is 1. The van der Waals surface area contributed by atoms with Crippen molar-refractivity contribution in [2.24, 2.45) is 11.3 Å². The molecule has 1 saturated carbocycles. The molecule has 2 rings (SSSR count). The molecule has 27 heavy (non-hydrogen) atoms. The Balaban J connectivity index is 2.00. The quantitative estimate of drug-likeness (QED) is 0.446. The van der Waals surface area contributed by atoms with Crippen molar-refractivity contribution >= 4 is 18.2 Å². The van der Waals surface area contributed by atoms with Crippen molar-refractivity contribution in [1.29, 1.82) is 0 Å². The first kappa shape index (κ1) is 20.8. The van der Waals surface area contributed by atoms with Gasteiger partial charge in [0.25, 0.3) is 0 Å². The Morgan fingerprint density at radius 1 is 1.15 bits per heavy atom. The number of methoxy groups -OCH3 is 1. The number of ether oxygens (including phenoxy) is 3. The van der Waals surface area contributed by atoms with E-state index in [9.17, 15) is 9.59 Å². The van der Waals surface area contributed by atoms with Crippen LogP contribution < -0.4 is 9.47 Å². The molecule has 0 bridgehead atoms. The first-order valence-corrected chi connectivity index (χ1v) is 9.16. The van der Waals surface area contributed by atoms with Crippen molar-refractivity contribution in [2.45, 2.75) is 52.6 Å².